The molecule has 1 aliphatic rings. The van der Waals surface area contributed by atoms with Gasteiger partial charge < -0.3 is 25.0 Å². The molecule has 0 amide bonds. The lowest BCUT2D eigenvalue weighted by molar-refractivity contribution is 0.0277. The second-order valence-electron chi connectivity index (χ2n) is 8.73. The smallest absolute Gasteiger partial charge is 0.166 e. The first-order valence-electron chi connectivity index (χ1n) is 11.3. The lowest BCUT2D eigenvalue weighted by Crippen LogP contribution is -2.33. The van der Waals surface area contributed by atoms with Gasteiger partial charge in [0.25, 0.3) is 0 Å². The summed E-state index contributed by atoms with van der Waals surface area (Å²) in [5.74, 6) is 0.718. The fraction of sp³-hybridized carbons (Fsp3) is 0.375. The van der Waals surface area contributed by atoms with E-state index in [9.17, 15) is 0 Å². The van der Waals surface area contributed by atoms with Gasteiger partial charge in [0.05, 0.1) is 33.4 Å². The number of fused-ring (bicyclic) bond motifs is 2. The van der Waals surface area contributed by atoms with Crippen LogP contribution in [-0.2, 0) is 4.74 Å². The highest BCUT2D eigenvalue weighted by molar-refractivity contribution is 9.10. The van der Waals surface area contributed by atoms with Crippen molar-refractivity contribution in [3.63, 3.8) is 0 Å². The molecule has 0 radical (unpaired) electrons. The quantitative estimate of drug-likeness (QED) is 0.331. The minimum atomic E-state index is -0.373. The highest BCUT2D eigenvalue weighted by Crippen LogP contribution is 2.38. The molecule has 1 aliphatic heterocycles. The number of hydrogen-bond donors (Lipinski definition) is 2. The van der Waals surface area contributed by atoms with Gasteiger partial charge in [0, 0.05) is 24.1 Å². The summed E-state index contributed by atoms with van der Waals surface area (Å²) in [5.41, 5.74) is 1.61. The fourth-order valence-electron chi connectivity index (χ4n) is 4.14. The molecule has 35 heavy (non-hydrogen) atoms. The van der Waals surface area contributed by atoms with Crippen molar-refractivity contribution < 1.29 is 13.9 Å². The van der Waals surface area contributed by atoms with E-state index in [0.29, 0.717) is 51.5 Å². The van der Waals surface area contributed by atoms with Crippen molar-refractivity contribution in [3.8, 4) is 5.75 Å². The molecular formula is C24H26BrFN6O2S. The number of aromatic nitrogens is 3. The summed E-state index contributed by atoms with van der Waals surface area (Å²) in [6.07, 6.45) is 1.22. The summed E-state index contributed by atoms with van der Waals surface area (Å²) in [4.78, 5) is 15.5. The van der Waals surface area contributed by atoms with Crippen molar-refractivity contribution in [3.05, 3.63) is 45.9 Å². The van der Waals surface area contributed by atoms with E-state index < -0.39 is 0 Å². The predicted molar refractivity (Wildman–Crippen MR) is 140 cm³/mol. The van der Waals surface area contributed by atoms with Crippen LogP contribution in [0.5, 0.6) is 5.75 Å². The molecule has 3 heterocycles. The van der Waals surface area contributed by atoms with E-state index in [-0.39, 0.29) is 18.0 Å². The van der Waals surface area contributed by atoms with Crippen LogP contribution in [0, 0.1) is 5.82 Å². The van der Waals surface area contributed by atoms with E-state index in [1.807, 2.05) is 39.2 Å². The van der Waals surface area contributed by atoms with E-state index in [1.54, 1.807) is 6.07 Å². The molecule has 2 aromatic heterocycles. The summed E-state index contributed by atoms with van der Waals surface area (Å²) in [6, 6.07) is 7.27. The second-order valence-corrected chi connectivity index (χ2v) is 10.7. The third kappa shape index (κ3) is 5.24. The number of nitrogens with zero attached hydrogens (tertiary/aromatic N) is 4. The van der Waals surface area contributed by atoms with Gasteiger partial charge in [-0.1, -0.05) is 15.9 Å². The third-order valence-electron chi connectivity index (χ3n) is 5.59. The van der Waals surface area contributed by atoms with Crippen molar-refractivity contribution in [1.82, 2.24) is 25.2 Å². The van der Waals surface area contributed by atoms with Crippen molar-refractivity contribution in [1.29, 1.82) is 0 Å². The molecule has 2 atom stereocenters. The number of likely N-dealkylation sites (N-methyl/N-ethyl adjacent to an activating group) is 1. The van der Waals surface area contributed by atoms with Gasteiger partial charge in [-0.05, 0) is 45.3 Å². The number of hydrogen-bond acceptors (Lipinski definition) is 9. The molecule has 4 aromatic rings. The monoisotopic (exact) mass is 560 g/mol. The lowest BCUT2D eigenvalue weighted by atomic mass is 10.2. The number of nitrogens with one attached hydrogen (secondary N) is 2. The molecule has 1 saturated heterocycles. The maximum Gasteiger partial charge on any atom is 0.166 e. The fourth-order valence-corrected chi connectivity index (χ4v) is 5.62. The number of morpholine rings is 1. The molecule has 1 unspecified atom stereocenters. The summed E-state index contributed by atoms with van der Waals surface area (Å²) < 4.78 is 29.0. The molecule has 8 nitrogen and oxygen atoms in total. The third-order valence-corrected chi connectivity index (χ3v) is 7.20. The predicted octanol–water partition coefficient (Wildman–Crippen LogP) is 4.87. The maximum atomic E-state index is 15.6. The van der Waals surface area contributed by atoms with Gasteiger partial charge >= 0.3 is 0 Å². The largest absolute Gasteiger partial charge is 0.488 e. The van der Waals surface area contributed by atoms with E-state index in [1.165, 1.54) is 17.7 Å². The Kier molecular flexibility index (Phi) is 7.12. The zero-order valence-corrected chi connectivity index (χ0v) is 22.0. The van der Waals surface area contributed by atoms with Gasteiger partial charge in [0.15, 0.2) is 5.82 Å². The number of benzene rings is 2. The van der Waals surface area contributed by atoms with Crippen molar-refractivity contribution in [2.24, 2.45) is 0 Å². The Morgan fingerprint density at radius 2 is 2.17 bits per heavy atom. The Hall–Kier alpha value is -2.44. The SMILES string of the molecule is C[C@H](CN(C)C)Oc1cc(Br)cc2ncnc(Nc3ccc4nc(C5CNCCO5)sc4c3F)c12. The Morgan fingerprint density at radius 1 is 1.31 bits per heavy atom. The molecule has 0 spiro atoms. The van der Waals surface area contributed by atoms with E-state index >= 15 is 4.39 Å². The lowest BCUT2D eigenvalue weighted by Gasteiger charge is -2.21. The van der Waals surface area contributed by atoms with Crippen LogP contribution in [0.3, 0.4) is 0 Å². The molecule has 0 saturated carbocycles. The first-order valence-corrected chi connectivity index (χ1v) is 12.9. The van der Waals surface area contributed by atoms with Crippen molar-refractivity contribution in [2.75, 3.05) is 45.7 Å². The molecule has 0 bridgehead atoms. The topological polar surface area (TPSA) is 84.4 Å². The van der Waals surface area contributed by atoms with Gasteiger partial charge in [-0.2, -0.15) is 0 Å². The Bertz CT molecular complexity index is 1360. The zero-order valence-electron chi connectivity index (χ0n) is 19.6. The van der Waals surface area contributed by atoms with Gasteiger partial charge in [-0.3, -0.25) is 0 Å². The first kappa shape index (κ1) is 24.3. The number of halogens is 2. The van der Waals surface area contributed by atoms with Crippen LogP contribution in [-0.4, -0.2) is 66.3 Å². The van der Waals surface area contributed by atoms with Crippen LogP contribution in [0.25, 0.3) is 21.1 Å². The average Bonchev–Trinajstić information content (AvgIpc) is 3.26. The molecular weight excluding hydrogens is 535 g/mol. The van der Waals surface area contributed by atoms with Crippen molar-refractivity contribution in [2.45, 2.75) is 19.1 Å². The molecule has 5 rings (SSSR count). The highest BCUT2D eigenvalue weighted by atomic mass is 79.9. The summed E-state index contributed by atoms with van der Waals surface area (Å²) in [6.45, 7) is 4.84. The Morgan fingerprint density at radius 3 is 2.94 bits per heavy atom. The van der Waals surface area contributed by atoms with Gasteiger partial charge in [0.2, 0.25) is 0 Å². The summed E-state index contributed by atoms with van der Waals surface area (Å²) in [5, 5.41) is 7.92. The number of thiazole rings is 1. The standard InChI is InChI=1S/C24H26BrFN6O2S/c1-13(11-32(2)3)34-18-9-14(25)8-17-20(18)23(29-12-28-17)30-15-4-5-16-22(21(15)26)35-24(31-16)19-10-27-6-7-33-19/h4-5,8-9,12-13,19,27H,6-7,10-11H2,1-3H3,(H,28,29,30)/t13-,19?/m1/s1. The van der Waals surface area contributed by atoms with Crippen LogP contribution >= 0.6 is 27.3 Å². The minimum absolute atomic E-state index is 0.0734. The maximum absolute atomic E-state index is 15.6. The molecule has 2 N–H and O–H groups in total. The van der Waals surface area contributed by atoms with Crippen LogP contribution in [0.2, 0.25) is 0 Å². The highest BCUT2D eigenvalue weighted by Gasteiger charge is 2.22. The van der Waals surface area contributed by atoms with Crippen molar-refractivity contribution >= 4 is 59.9 Å². The van der Waals surface area contributed by atoms with E-state index in [0.717, 1.165) is 22.6 Å². The molecule has 184 valence electrons. The molecule has 0 aliphatic carbocycles. The molecule has 1 fully saturated rings. The normalized spacial score (nSPS) is 17.3. The molecule has 11 heteroatoms. The van der Waals surface area contributed by atoms with Crippen LogP contribution in [0.4, 0.5) is 15.9 Å². The van der Waals surface area contributed by atoms with Gasteiger partial charge in [-0.25, -0.2) is 19.3 Å². The average molecular weight is 561 g/mol. The van der Waals surface area contributed by atoms with Crippen LogP contribution in [0.1, 0.15) is 18.0 Å². The second kappa shape index (κ2) is 10.3. The Labute approximate surface area is 215 Å². The zero-order chi connectivity index (χ0) is 24.5. The Balaban J connectivity index is 1.51. The minimum Gasteiger partial charge on any atom is -0.488 e. The first-order chi connectivity index (χ1) is 16.9. The van der Waals surface area contributed by atoms with Gasteiger partial charge in [0.1, 0.15) is 35.1 Å². The van der Waals surface area contributed by atoms with Crippen LogP contribution in [0.15, 0.2) is 35.1 Å². The number of rotatable bonds is 7. The molecule has 2 aromatic carbocycles. The summed E-state index contributed by atoms with van der Waals surface area (Å²) in [7, 11) is 3.99. The number of ether oxygens (including phenoxy) is 2. The van der Waals surface area contributed by atoms with Crippen LogP contribution < -0.4 is 15.4 Å². The van der Waals surface area contributed by atoms with E-state index in [4.69, 9.17) is 9.47 Å². The van der Waals surface area contributed by atoms with Gasteiger partial charge in [-0.15, -0.1) is 11.3 Å². The van der Waals surface area contributed by atoms with E-state index in [2.05, 4.69) is 46.4 Å². The summed E-state index contributed by atoms with van der Waals surface area (Å²) >= 11 is 4.86. The number of anilines is 2.